The highest BCUT2D eigenvalue weighted by Gasteiger charge is 2.24. The van der Waals surface area contributed by atoms with Gasteiger partial charge >= 0.3 is 0 Å². The Bertz CT molecular complexity index is 971. The van der Waals surface area contributed by atoms with Gasteiger partial charge in [0, 0.05) is 19.1 Å². The van der Waals surface area contributed by atoms with E-state index in [1.807, 2.05) is 25.1 Å². The topological polar surface area (TPSA) is 47.6 Å². The van der Waals surface area contributed by atoms with Crippen LogP contribution in [0, 0.1) is 18.3 Å². The van der Waals surface area contributed by atoms with E-state index in [1.54, 1.807) is 0 Å². The summed E-state index contributed by atoms with van der Waals surface area (Å²) in [6, 6.07) is 13.3. The molecule has 0 aliphatic carbocycles. The van der Waals surface area contributed by atoms with E-state index in [2.05, 4.69) is 46.5 Å². The first kappa shape index (κ1) is 15.9. The summed E-state index contributed by atoms with van der Waals surface area (Å²) in [5.74, 6) is 1.15. The van der Waals surface area contributed by atoms with Gasteiger partial charge in [-0.25, -0.2) is 4.98 Å². The molecule has 0 unspecified atom stereocenters. The van der Waals surface area contributed by atoms with Crippen molar-refractivity contribution in [3.05, 3.63) is 41.5 Å². The number of aromatic nitrogens is 2. The summed E-state index contributed by atoms with van der Waals surface area (Å²) >= 11 is 0. The number of nitrogens with zero attached hydrogens (tertiary/aromatic N) is 5. The van der Waals surface area contributed by atoms with E-state index in [0.29, 0.717) is 11.6 Å². The summed E-state index contributed by atoms with van der Waals surface area (Å²) in [4.78, 5) is 9.51. The van der Waals surface area contributed by atoms with Gasteiger partial charge in [0.1, 0.15) is 11.9 Å². The number of para-hydroxylation sites is 2. The molecule has 0 bridgehead atoms. The molecule has 128 valence electrons. The number of hydrogen-bond donors (Lipinski definition) is 0. The number of benzene rings is 1. The predicted molar refractivity (Wildman–Crippen MR) is 101 cm³/mol. The molecule has 1 saturated heterocycles. The molecule has 25 heavy (non-hydrogen) atoms. The molecule has 5 nitrogen and oxygen atoms in total. The van der Waals surface area contributed by atoms with Crippen molar-refractivity contribution >= 4 is 22.5 Å². The zero-order chi connectivity index (χ0) is 17.6. The Morgan fingerprint density at radius 3 is 2.60 bits per heavy atom. The molecule has 5 heteroatoms. The van der Waals surface area contributed by atoms with E-state index in [1.165, 1.54) is 0 Å². The largest absolute Gasteiger partial charge is 0.358 e. The number of fused-ring (bicyclic) bond motifs is 3. The van der Waals surface area contributed by atoms with E-state index in [0.717, 1.165) is 54.0 Å². The molecule has 0 radical (unpaired) electrons. The van der Waals surface area contributed by atoms with Crippen LogP contribution in [0.1, 0.15) is 24.0 Å². The first-order chi connectivity index (χ1) is 12.1. The normalized spacial score (nSPS) is 16.0. The summed E-state index contributed by atoms with van der Waals surface area (Å²) in [6.45, 7) is 4.06. The second kappa shape index (κ2) is 6.05. The third-order valence-corrected chi connectivity index (χ3v) is 5.38. The first-order valence-electron chi connectivity index (χ1n) is 8.82. The lowest BCUT2D eigenvalue weighted by Gasteiger charge is -2.36. The Morgan fingerprint density at radius 1 is 1.20 bits per heavy atom. The fourth-order valence-electron chi connectivity index (χ4n) is 3.91. The molecule has 3 aromatic rings. The Morgan fingerprint density at radius 2 is 1.92 bits per heavy atom. The molecule has 0 amide bonds. The molecular weight excluding hydrogens is 310 g/mol. The lowest BCUT2D eigenvalue weighted by atomic mass is 10.0. The minimum Gasteiger partial charge on any atom is -0.358 e. The highest BCUT2D eigenvalue weighted by molar-refractivity contribution is 5.85. The molecule has 1 aliphatic heterocycles. The van der Waals surface area contributed by atoms with Gasteiger partial charge in [-0.3, -0.25) is 4.40 Å². The predicted octanol–water partition coefficient (Wildman–Crippen LogP) is 3.20. The lowest BCUT2D eigenvalue weighted by molar-refractivity contribution is 0.249. The van der Waals surface area contributed by atoms with E-state index in [-0.39, 0.29) is 0 Å². The average Bonchev–Trinajstić information content (AvgIpc) is 3.00. The smallest absolute Gasteiger partial charge is 0.157 e. The Labute approximate surface area is 148 Å². The van der Waals surface area contributed by atoms with Gasteiger partial charge < -0.3 is 9.80 Å². The molecule has 4 rings (SSSR count). The van der Waals surface area contributed by atoms with Crippen LogP contribution in [0.2, 0.25) is 0 Å². The van der Waals surface area contributed by atoms with Crippen LogP contribution in [0.25, 0.3) is 16.7 Å². The van der Waals surface area contributed by atoms with Gasteiger partial charge in [-0.1, -0.05) is 12.1 Å². The van der Waals surface area contributed by atoms with Crippen molar-refractivity contribution in [3.8, 4) is 6.07 Å². The van der Waals surface area contributed by atoms with Gasteiger partial charge in [0.25, 0.3) is 0 Å². The SMILES string of the molecule is Cc1cc(N2CCC(N(C)C)CC2)n2c(nc3ccccc32)c1C#N. The maximum atomic E-state index is 9.62. The minimum absolute atomic E-state index is 0.644. The number of nitriles is 1. The number of piperidine rings is 1. The zero-order valence-electron chi connectivity index (χ0n) is 15.0. The molecular formula is C20H23N5. The maximum absolute atomic E-state index is 9.62. The number of rotatable bonds is 2. The second-order valence-electron chi connectivity index (χ2n) is 7.11. The molecule has 1 fully saturated rings. The van der Waals surface area contributed by atoms with E-state index in [9.17, 15) is 5.26 Å². The third-order valence-electron chi connectivity index (χ3n) is 5.38. The van der Waals surface area contributed by atoms with Crippen LogP contribution in [0.3, 0.4) is 0 Å². The van der Waals surface area contributed by atoms with Gasteiger partial charge in [-0.15, -0.1) is 0 Å². The summed E-state index contributed by atoms with van der Waals surface area (Å²) < 4.78 is 2.16. The summed E-state index contributed by atoms with van der Waals surface area (Å²) in [6.07, 6.45) is 2.31. The number of pyridine rings is 1. The standard InChI is InChI=1S/C20H23N5/c1-14-12-19(24-10-8-15(9-11-24)23(2)3)25-18-7-5-4-6-17(18)22-20(25)16(14)13-21/h4-7,12,15H,8-11H2,1-3H3. The van der Waals surface area contributed by atoms with Gasteiger partial charge in [-0.05, 0) is 57.6 Å². The average molecular weight is 333 g/mol. The van der Waals surface area contributed by atoms with E-state index in [4.69, 9.17) is 4.98 Å². The van der Waals surface area contributed by atoms with E-state index < -0.39 is 0 Å². The van der Waals surface area contributed by atoms with Crippen molar-refractivity contribution in [2.24, 2.45) is 0 Å². The lowest BCUT2D eigenvalue weighted by Crippen LogP contribution is -2.42. The molecule has 2 aromatic heterocycles. The highest BCUT2D eigenvalue weighted by Crippen LogP contribution is 2.30. The summed E-state index contributed by atoms with van der Waals surface area (Å²) in [7, 11) is 4.32. The van der Waals surface area contributed by atoms with Crippen LogP contribution in [-0.2, 0) is 0 Å². The Balaban J connectivity index is 1.88. The number of aryl methyl sites for hydroxylation is 1. The van der Waals surface area contributed by atoms with Crippen LogP contribution < -0.4 is 4.90 Å². The van der Waals surface area contributed by atoms with Crippen molar-refractivity contribution in [3.63, 3.8) is 0 Å². The zero-order valence-corrected chi connectivity index (χ0v) is 15.0. The summed E-state index contributed by atoms with van der Waals surface area (Å²) in [5.41, 5.74) is 4.44. The molecule has 3 heterocycles. The van der Waals surface area contributed by atoms with Crippen LogP contribution in [0.5, 0.6) is 0 Å². The fourth-order valence-corrected chi connectivity index (χ4v) is 3.91. The highest BCUT2D eigenvalue weighted by atomic mass is 15.3. The Kier molecular flexibility index (Phi) is 3.85. The molecule has 0 atom stereocenters. The van der Waals surface area contributed by atoms with Gasteiger partial charge in [-0.2, -0.15) is 5.26 Å². The maximum Gasteiger partial charge on any atom is 0.157 e. The van der Waals surface area contributed by atoms with Crippen LogP contribution in [0.15, 0.2) is 30.3 Å². The van der Waals surface area contributed by atoms with E-state index >= 15 is 0 Å². The number of imidazole rings is 1. The number of anilines is 1. The quantitative estimate of drug-likeness (QED) is 0.722. The van der Waals surface area contributed by atoms with Crippen molar-refractivity contribution in [2.45, 2.75) is 25.8 Å². The van der Waals surface area contributed by atoms with Crippen LogP contribution in [-0.4, -0.2) is 47.5 Å². The van der Waals surface area contributed by atoms with Crippen molar-refractivity contribution in [1.29, 1.82) is 5.26 Å². The summed E-state index contributed by atoms with van der Waals surface area (Å²) in [5, 5.41) is 9.62. The monoisotopic (exact) mass is 333 g/mol. The van der Waals surface area contributed by atoms with Gasteiger partial charge in [0.15, 0.2) is 5.65 Å². The fraction of sp³-hybridized carbons (Fsp3) is 0.400. The molecule has 0 N–H and O–H groups in total. The van der Waals surface area contributed by atoms with Crippen LogP contribution >= 0.6 is 0 Å². The van der Waals surface area contributed by atoms with Gasteiger partial charge in [0.2, 0.25) is 0 Å². The van der Waals surface area contributed by atoms with Crippen molar-refractivity contribution in [2.75, 3.05) is 32.1 Å². The third kappa shape index (κ3) is 2.54. The van der Waals surface area contributed by atoms with Crippen molar-refractivity contribution < 1.29 is 0 Å². The second-order valence-corrected chi connectivity index (χ2v) is 7.11. The number of hydrogen-bond acceptors (Lipinski definition) is 4. The minimum atomic E-state index is 0.644. The molecule has 0 spiro atoms. The molecule has 1 aromatic carbocycles. The molecule has 1 aliphatic rings. The molecule has 0 saturated carbocycles. The Hall–Kier alpha value is -2.58. The van der Waals surface area contributed by atoms with Crippen molar-refractivity contribution in [1.82, 2.24) is 14.3 Å². The first-order valence-corrected chi connectivity index (χ1v) is 8.82. The van der Waals surface area contributed by atoms with Crippen LogP contribution in [0.4, 0.5) is 5.82 Å². The van der Waals surface area contributed by atoms with Gasteiger partial charge in [0.05, 0.1) is 16.6 Å².